The summed E-state index contributed by atoms with van der Waals surface area (Å²) in [4.78, 5) is 23.7. The number of fused-ring (bicyclic) bond motifs is 4. The maximum Gasteiger partial charge on any atom is 0.328 e. The number of urea groups is 1. The predicted octanol–water partition coefficient (Wildman–Crippen LogP) is 5.12. The van der Waals surface area contributed by atoms with Crippen molar-refractivity contribution in [2.75, 3.05) is 16.8 Å². The number of anilines is 2. The van der Waals surface area contributed by atoms with Crippen LogP contribution in [-0.2, 0) is 6.42 Å². The van der Waals surface area contributed by atoms with Crippen molar-refractivity contribution in [2.24, 2.45) is 0 Å². The number of hydrogen-bond donors (Lipinski definition) is 1. The van der Waals surface area contributed by atoms with Crippen LogP contribution in [0.3, 0.4) is 0 Å². The van der Waals surface area contributed by atoms with E-state index in [4.69, 9.17) is 0 Å². The molecular weight excluding hydrogens is 364 g/mol. The van der Waals surface area contributed by atoms with Crippen LogP contribution in [-0.4, -0.2) is 22.5 Å². The highest BCUT2D eigenvalue weighted by Gasteiger charge is 2.25. The van der Waals surface area contributed by atoms with Crippen molar-refractivity contribution in [3.8, 4) is 0 Å². The molecule has 1 aliphatic heterocycles. The summed E-state index contributed by atoms with van der Waals surface area (Å²) in [7, 11) is 0. The van der Waals surface area contributed by atoms with Crippen molar-refractivity contribution in [1.82, 2.24) is 9.97 Å². The Kier molecular flexibility index (Phi) is 3.48. The second-order valence-electron chi connectivity index (χ2n) is 6.48. The van der Waals surface area contributed by atoms with Crippen LogP contribution in [0.15, 0.2) is 30.3 Å². The topological polar surface area (TPSA) is 58.1 Å². The summed E-state index contributed by atoms with van der Waals surface area (Å²) in [5.74, 6) is 0. The van der Waals surface area contributed by atoms with E-state index in [-0.39, 0.29) is 6.03 Å². The third-order valence-corrected chi connectivity index (χ3v) is 6.75. The molecule has 0 fully saturated rings. The van der Waals surface area contributed by atoms with Gasteiger partial charge in [-0.2, -0.15) is 0 Å². The zero-order valence-electron chi connectivity index (χ0n) is 14.4. The van der Waals surface area contributed by atoms with Gasteiger partial charge in [-0.1, -0.05) is 23.5 Å². The number of rotatable bonds is 1. The average Bonchev–Trinajstić information content (AvgIpc) is 3.28. The van der Waals surface area contributed by atoms with E-state index in [0.717, 1.165) is 43.1 Å². The van der Waals surface area contributed by atoms with Crippen molar-refractivity contribution >= 4 is 60.0 Å². The van der Waals surface area contributed by atoms with E-state index in [1.54, 1.807) is 16.2 Å². The van der Waals surface area contributed by atoms with Gasteiger partial charge in [0, 0.05) is 12.2 Å². The molecule has 7 heteroatoms. The van der Waals surface area contributed by atoms with Gasteiger partial charge in [-0.3, -0.25) is 10.2 Å². The number of aromatic nitrogens is 2. The standard InChI is InChI=1S/C19H16N4OS2/c1-10-3-4-12-7-8-23(15(12)9-10)19(24)22-18-21-14-6-5-13-16(17(14)26-18)25-11(2)20-13/h3-6,9H,7-8H2,1-2H3,(H,21,22,24). The van der Waals surface area contributed by atoms with Gasteiger partial charge in [-0.15, -0.1) is 11.3 Å². The van der Waals surface area contributed by atoms with Crippen LogP contribution in [0, 0.1) is 13.8 Å². The number of thiazole rings is 2. The van der Waals surface area contributed by atoms with Crippen LogP contribution in [0.2, 0.25) is 0 Å². The number of nitrogens with one attached hydrogen (secondary N) is 1. The summed E-state index contributed by atoms with van der Waals surface area (Å²) in [6.07, 6.45) is 0.893. The minimum absolute atomic E-state index is 0.120. The minimum atomic E-state index is -0.120. The Hall–Kier alpha value is -2.51. The molecule has 3 heterocycles. The molecule has 2 aromatic carbocycles. The fraction of sp³-hybridized carbons (Fsp3) is 0.211. The van der Waals surface area contributed by atoms with E-state index in [9.17, 15) is 4.79 Å². The average molecular weight is 380 g/mol. The van der Waals surface area contributed by atoms with Gasteiger partial charge >= 0.3 is 6.03 Å². The van der Waals surface area contributed by atoms with Gasteiger partial charge in [0.2, 0.25) is 0 Å². The molecule has 0 bridgehead atoms. The zero-order valence-corrected chi connectivity index (χ0v) is 16.0. The first-order valence-electron chi connectivity index (χ1n) is 8.43. The largest absolute Gasteiger partial charge is 0.328 e. The molecule has 5 rings (SSSR count). The van der Waals surface area contributed by atoms with Gasteiger partial charge in [0.05, 0.1) is 25.4 Å². The van der Waals surface area contributed by atoms with E-state index in [2.05, 4.69) is 33.5 Å². The van der Waals surface area contributed by atoms with E-state index in [1.807, 2.05) is 26.0 Å². The van der Waals surface area contributed by atoms with Gasteiger partial charge in [0.15, 0.2) is 5.13 Å². The number of amides is 2. The summed E-state index contributed by atoms with van der Waals surface area (Å²) < 4.78 is 2.22. The van der Waals surface area contributed by atoms with Crippen molar-refractivity contribution in [1.29, 1.82) is 0 Å². The van der Waals surface area contributed by atoms with E-state index >= 15 is 0 Å². The van der Waals surface area contributed by atoms with Crippen molar-refractivity contribution < 1.29 is 4.79 Å². The molecule has 0 aliphatic carbocycles. The molecule has 1 aliphatic rings. The van der Waals surface area contributed by atoms with Gasteiger partial charge in [0.25, 0.3) is 0 Å². The quantitative estimate of drug-likeness (QED) is 0.499. The molecule has 0 atom stereocenters. The molecule has 1 N–H and O–H groups in total. The van der Waals surface area contributed by atoms with E-state index in [1.165, 1.54) is 16.9 Å². The summed E-state index contributed by atoms with van der Waals surface area (Å²) in [5, 5.41) is 4.65. The lowest BCUT2D eigenvalue weighted by atomic mass is 10.1. The number of carbonyl (C=O) groups excluding carboxylic acids is 1. The Morgan fingerprint density at radius 2 is 1.85 bits per heavy atom. The summed E-state index contributed by atoms with van der Waals surface area (Å²) in [6, 6.07) is 10.1. The fourth-order valence-corrected chi connectivity index (χ4v) is 5.39. The monoisotopic (exact) mass is 380 g/mol. The Morgan fingerprint density at radius 1 is 1.08 bits per heavy atom. The van der Waals surface area contributed by atoms with Gasteiger partial charge in [-0.25, -0.2) is 14.8 Å². The molecule has 4 aromatic rings. The molecule has 5 nitrogen and oxygen atoms in total. The highest BCUT2D eigenvalue weighted by molar-refractivity contribution is 7.28. The zero-order chi connectivity index (χ0) is 17.8. The highest BCUT2D eigenvalue weighted by Crippen LogP contribution is 2.36. The molecule has 0 unspecified atom stereocenters. The molecule has 26 heavy (non-hydrogen) atoms. The van der Waals surface area contributed by atoms with Crippen LogP contribution in [0.25, 0.3) is 20.4 Å². The van der Waals surface area contributed by atoms with Crippen LogP contribution >= 0.6 is 22.7 Å². The number of benzene rings is 2. The molecule has 2 aromatic heterocycles. The summed E-state index contributed by atoms with van der Waals surface area (Å²) >= 11 is 3.18. The SMILES string of the molecule is Cc1ccc2c(c1)N(C(=O)Nc1nc3ccc4nc(C)sc4c3s1)CC2. The molecule has 0 saturated heterocycles. The Labute approximate surface area is 158 Å². The van der Waals surface area contributed by atoms with Crippen molar-refractivity contribution in [3.63, 3.8) is 0 Å². The van der Waals surface area contributed by atoms with E-state index < -0.39 is 0 Å². The molecule has 0 radical (unpaired) electrons. The summed E-state index contributed by atoms with van der Waals surface area (Å²) in [5.41, 5.74) is 5.27. The lowest BCUT2D eigenvalue weighted by Crippen LogP contribution is -2.33. The van der Waals surface area contributed by atoms with Crippen LogP contribution in [0.5, 0.6) is 0 Å². The first-order chi connectivity index (χ1) is 12.6. The third-order valence-electron chi connectivity index (χ3n) is 4.61. The number of nitrogens with zero attached hydrogens (tertiary/aromatic N) is 3. The first-order valence-corrected chi connectivity index (χ1v) is 10.1. The molecule has 0 saturated carbocycles. The fourth-order valence-electron chi connectivity index (χ4n) is 3.40. The van der Waals surface area contributed by atoms with Crippen molar-refractivity contribution in [2.45, 2.75) is 20.3 Å². The Balaban J connectivity index is 1.47. The molecule has 0 spiro atoms. The second kappa shape index (κ2) is 5.75. The van der Waals surface area contributed by atoms with Crippen LogP contribution in [0.4, 0.5) is 15.6 Å². The molecule has 130 valence electrons. The van der Waals surface area contributed by atoms with Crippen molar-refractivity contribution in [3.05, 3.63) is 46.5 Å². The highest BCUT2D eigenvalue weighted by atomic mass is 32.1. The van der Waals surface area contributed by atoms with E-state index in [0.29, 0.717) is 11.7 Å². The number of aryl methyl sites for hydroxylation is 2. The maximum atomic E-state index is 12.8. The van der Waals surface area contributed by atoms with Crippen LogP contribution < -0.4 is 10.2 Å². The smallest absolute Gasteiger partial charge is 0.294 e. The first kappa shape index (κ1) is 15.7. The molecular formula is C19H16N4OS2. The normalized spacial score (nSPS) is 13.5. The number of hydrogen-bond acceptors (Lipinski definition) is 5. The molecule has 2 amide bonds. The predicted molar refractivity (Wildman–Crippen MR) is 109 cm³/mol. The summed E-state index contributed by atoms with van der Waals surface area (Å²) in [6.45, 7) is 4.76. The minimum Gasteiger partial charge on any atom is -0.294 e. The van der Waals surface area contributed by atoms with Gasteiger partial charge in [-0.05, 0) is 49.6 Å². The lowest BCUT2D eigenvalue weighted by Gasteiger charge is -2.17. The maximum absolute atomic E-state index is 12.8. The van der Waals surface area contributed by atoms with Gasteiger partial charge in [0.1, 0.15) is 0 Å². The van der Waals surface area contributed by atoms with Crippen LogP contribution in [0.1, 0.15) is 16.1 Å². The number of carbonyl (C=O) groups is 1. The third kappa shape index (κ3) is 2.47. The van der Waals surface area contributed by atoms with Gasteiger partial charge < -0.3 is 0 Å². The Bertz CT molecular complexity index is 1180. The Morgan fingerprint density at radius 3 is 2.69 bits per heavy atom. The lowest BCUT2D eigenvalue weighted by molar-refractivity contribution is 0.257. The second-order valence-corrected chi connectivity index (χ2v) is 8.68.